The van der Waals surface area contributed by atoms with Crippen molar-refractivity contribution in [3.63, 3.8) is 0 Å². The Morgan fingerprint density at radius 1 is 1.47 bits per heavy atom. The maximum Gasteiger partial charge on any atom is 0.124 e. The van der Waals surface area contributed by atoms with Crippen LogP contribution in [-0.4, -0.2) is 16.1 Å². The third kappa shape index (κ3) is 2.29. The summed E-state index contributed by atoms with van der Waals surface area (Å²) in [4.78, 5) is 4.49. The molecule has 1 heterocycles. The molecular weight excluding hydrogens is 212 g/mol. The maximum atomic E-state index is 8.83. The Labute approximate surface area is 101 Å². The van der Waals surface area contributed by atoms with Crippen molar-refractivity contribution in [2.75, 3.05) is 6.54 Å². The highest BCUT2D eigenvalue weighted by molar-refractivity contribution is 5.75. The van der Waals surface area contributed by atoms with Gasteiger partial charge in [0.2, 0.25) is 0 Å². The van der Waals surface area contributed by atoms with Gasteiger partial charge < -0.3 is 10.3 Å². The third-order valence-electron chi connectivity index (χ3n) is 2.87. The van der Waals surface area contributed by atoms with Crippen molar-refractivity contribution in [1.82, 2.24) is 9.55 Å². The molecule has 1 atom stereocenters. The number of imidazole rings is 1. The van der Waals surface area contributed by atoms with Gasteiger partial charge in [-0.25, -0.2) is 4.98 Å². The lowest BCUT2D eigenvalue weighted by atomic mass is 10.2. The Morgan fingerprint density at radius 3 is 2.94 bits per heavy atom. The van der Waals surface area contributed by atoms with E-state index in [4.69, 9.17) is 11.0 Å². The van der Waals surface area contributed by atoms with Gasteiger partial charge in [0.05, 0.1) is 23.5 Å². The largest absolute Gasteiger partial charge is 0.330 e. The van der Waals surface area contributed by atoms with Crippen LogP contribution in [-0.2, 0) is 13.0 Å². The van der Waals surface area contributed by atoms with E-state index in [1.807, 2.05) is 24.3 Å². The smallest absolute Gasteiger partial charge is 0.124 e. The van der Waals surface area contributed by atoms with Gasteiger partial charge in [-0.15, -0.1) is 0 Å². The van der Waals surface area contributed by atoms with E-state index in [1.54, 1.807) is 0 Å². The molecule has 17 heavy (non-hydrogen) atoms. The summed E-state index contributed by atoms with van der Waals surface area (Å²) in [5, 5.41) is 8.83. The number of rotatable bonds is 4. The van der Waals surface area contributed by atoms with Crippen molar-refractivity contribution in [2.24, 2.45) is 11.7 Å². The van der Waals surface area contributed by atoms with Gasteiger partial charge in [-0.2, -0.15) is 5.26 Å². The molecule has 0 fully saturated rings. The quantitative estimate of drug-likeness (QED) is 0.866. The minimum atomic E-state index is 0.339. The SMILES string of the molecule is CC(CN)Cn1c(CC#N)nc2ccccc21. The number of hydrogen-bond donors (Lipinski definition) is 1. The van der Waals surface area contributed by atoms with Crippen LogP contribution in [0.1, 0.15) is 12.7 Å². The van der Waals surface area contributed by atoms with Gasteiger partial charge in [0.25, 0.3) is 0 Å². The fourth-order valence-corrected chi connectivity index (χ4v) is 1.92. The van der Waals surface area contributed by atoms with Crippen LogP contribution in [0.4, 0.5) is 0 Å². The normalized spacial score (nSPS) is 12.5. The van der Waals surface area contributed by atoms with Crippen molar-refractivity contribution in [3.05, 3.63) is 30.1 Å². The van der Waals surface area contributed by atoms with E-state index < -0.39 is 0 Å². The van der Waals surface area contributed by atoms with E-state index in [1.165, 1.54) is 0 Å². The lowest BCUT2D eigenvalue weighted by Gasteiger charge is -2.12. The fraction of sp³-hybridized carbons (Fsp3) is 0.385. The van der Waals surface area contributed by atoms with Gasteiger partial charge in [0.1, 0.15) is 5.82 Å². The Bertz CT molecular complexity index is 550. The molecule has 0 saturated carbocycles. The van der Waals surface area contributed by atoms with Crippen molar-refractivity contribution >= 4 is 11.0 Å². The number of nitrogens with two attached hydrogens (primary N) is 1. The molecule has 0 radical (unpaired) electrons. The van der Waals surface area contributed by atoms with Gasteiger partial charge in [-0.05, 0) is 24.6 Å². The molecule has 0 amide bonds. The lowest BCUT2D eigenvalue weighted by molar-refractivity contribution is 0.490. The van der Waals surface area contributed by atoms with Crippen molar-refractivity contribution in [1.29, 1.82) is 5.26 Å². The number of hydrogen-bond acceptors (Lipinski definition) is 3. The molecule has 0 spiro atoms. The highest BCUT2D eigenvalue weighted by Gasteiger charge is 2.11. The third-order valence-corrected chi connectivity index (χ3v) is 2.87. The van der Waals surface area contributed by atoms with Gasteiger partial charge in [0.15, 0.2) is 0 Å². The predicted molar refractivity (Wildman–Crippen MR) is 67.3 cm³/mol. The van der Waals surface area contributed by atoms with E-state index in [0.717, 1.165) is 23.4 Å². The molecule has 0 aliphatic carbocycles. The summed E-state index contributed by atoms with van der Waals surface area (Å²) in [5.41, 5.74) is 7.69. The van der Waals surface area contributed by atoms with Crippen LogP contribution in [0, 0.1) is 17.2 Å². The van der Waals surface area contributed by atoms with Crippen LogP contribution in [0.15, 0.2) is 24.3 Å². The first-order chi connectivity index (χ1) is 8.26. The molecule has 2 aromatic rings. The molecule has 2 N–H and O–H groups in total. The Balaban J connectivity index is 2.48. The number of nitrogens with zero attached hydrogens (tertiary/aromatic N) is 3. The molecule has 1 unspecified atom stereocenters. The summed E-state index contributed by atoms with van der Waals surface area (Å²) in [5.74, 6) is 1.21. The first kappa shape index (κ1) is 11.6. The van der Waals surface area contributed by atoms with E-state index in [2.05, 4.69) is 22.5 Å². The molecule has 0 aliphatic heterocycles. The highest BCUT2D eigenvalue weighted by Crippen LogP contribution is 2.17. The molecular formula is C13H16N4. The first-order valence-corrected chi connectivity index (χ1v) is 5.77. The van der Waals surface area contributed by atoms with Crippen LogP contribution in [0.25, 0.3) is 11.0 Å². The topological polar surface area (TPSA) is 67.6 Å². The van der Waals surface area contributed by atoms with Crippen molar-refractivity contribution in [2.45, 2.75) is 19.9 Å². The van der Waals surface area contributed by atoms with Crippen LogP contribution < -0.4 is 5.73 Å². The first-order valence-electron chi connectivity index (χ1n) is 5.77. The Hall–Kier alpha value is -1.86. The zero-order valence-corrected chi connectivity index (χ0v) is 9.93. The molecule has 1 aromatic carbocycles. The molecule has 4 heteroatoms. The number of fused-ring (bicyclic) bond motifs is 1. The standard InChI is InChI=1S/C13H16N4/c1-10(8-15)9-17-12-5-3-2-4-11(12)16-13(17)6-7-14/h2-5,10H,6,8-9,15H2,1H3. The molecule has 88 valence electrons. The van der Waals surface area contributed by atoms with Gasteiger partial charge in [-0.3, -0.25) is 0 Å². The second kappa shape index (κ2) is 4.98. The summed E-state index contributed by atoms with van der Waals surface area (Å²) in [6.45, 7) is 3.55. The molecule has 0 bridgehead atoms. The maximum absolute atomic E-state index is 8.83. The van der Waals surface area contributed by atoms with Gasteiger partial charge in [-0.1, -0.05) is 19.1 Å². The van der Waals surface area contributed by atoms with E-state index in [-0.39, 0.29) is 0 Å². The van der Waals surface area contributed by atoms with Crippen LogP contribution in [0.5, 0.6) is 0 Å². The van der Waals surface area contributed by atoms with Crippen LogP contribution in [0.2, 0.25) is 0 Å². The number of benzene rings is 1. The predicted octanol–water partition coefficient (Wildman–Crippen LogP) is 1.70. The van der Waals surface area contributed by atoms with Crippen molar-refractivity contribution in [3.8, 4) is 6.07 Å². The molecule has 2 rings (SSSR count). The van der Waals surface area contributed by atoms with E-state index >= 15 is 0 Å². The number of para-hydroxylation sites is 2. The monoisotopic (exact) mass is 228 g/mol. The average Bonchev–Trinajstić information content (AvgIpc) is 2.68. The van der Waals surface area contributed by atoms with Gasteiger partial charge in [0, 0.05) is 6.54 Å². The van der Waals surface area contributed by atoms with E-state index in [0.29, 0.717) is 18.9 Å². The number of aromatic nitrogens is 2. The van der Waals surface area contributed by atoms with Crippen LogP contribution in [0.3, 0.4) is 0 Å². The highest BCUT2D eigenvalue weighted by atomic mass is 15.1. The summed E-state index contributed by atoms with van der Waals surface area (Å²) in [7, 11) is 0. The van der Waals surface area contributed by atoms with Crippen molar-refractivity contribution < 1.29 is 0 Å². The zero-order chi connectivity index (χ0) is 12.3. The fourth-order valence-electron chi connectivity index (χ4n) is 1.92. The Morgan fingerprint density at radius 2 is 2.24 bits per heavy atom. The number of nitriles is 1. The summed E-state index contributed by atoms with van der Waals surface area (Å²) >= 11 is 0. The molecule has 0 aliphatic rings. The van der Waals surface area contributed by atoms with Crippen LogP contribution >= 0.6 is 0 Å². The average molecular weight is 228 g/mol. The summed E-state index contributed by atoms with van der Waals surface area (Å²) in [6, 6.07) is 10.1. The summed E-state index contributed by atoms with van der Waals surface area (Å²) < 4.78 is 2.11. The molecule has 4 nitrogen and oxygen atoms in total. The summed E-state index contributed by atoms with van der Waals surface area (Å²) in [6.07, 6.45) is 0.339. The minimum Gasteiger partial charge on any atom is -0.330 e. The van der Waals surface area contributed by atoms with E-state index in [9.17, 15) is 0 Å². The second-order valence-corrected chi connectivity index (χ2v) is 4.30. The minimum absolute atomic E-state index is 0.339. The molecule has 0 saturated heterocycles. The second-order valence-electron chi connectivity index (χ2n) is 4.30. The Kier molecular flexibility index (Phi) is 3.40. The lowest BCUT2D eigenvalue weighted by Crippen LogP contribution is -2.18. The zero-order valence-electron chi connectivity index (χ0n) is 9.93. The van der Waals surface area contributed by atoms with Gasteiger partial charge >= 0.3 is 0 Å². The molecule has 1 aromatic heterocycles.